The highest BCUT2D eigenvalue weighted by molar-refractivity contribution is 5.91. The Bertz CT molecular complexity index is 789. The van der Waals surface area contributed by atoms with Gasteiger partial charge in [0.1, 0.15) is 0 Å². The zero-order valence-corrected chi connectivity index (χ0v) is 11.4. The van der Waals surface area contributed by atoms with Gasteiger partial charge in [-0.05, 0) is 13.0 Å². The first-order valence-electron chi connectivity index (χ1n) is 6.51. The highest BCUT2D eigenvalue weighted by Gasteiger charge is 2.10. The van der Waals surface area contributed by atoms with Crippen molar-refractivity contribution in [1.29, 1.82) is 0 Å². The van der Waals surface area contributed by atoms with Gasteiger partial charge in [-0.2, -0.15) is 5.10 Å². The fourth-order valence-electron chi connectivity index (χ4n) is 2.34. The summed E-state index contributed by atoms with van der Waals surface area (Å²) in [5.41, 5.74) is 2.79. The fourth-order valence-corrected chi connectivity index (χ4v) is 2.34. The average Bonchev–Trinajstić information content (AvgIpc) is 2.99. The van der Waals surface area contributed by atoms with E-state index in [1.807, 2.05) is 37.4 Å². The third kappa shape index (κ3) is 2.07. The minimum atomic E-state index is -0.0226. The predicted molar refractivity (Wildman–Crippen MR) is 79.8 cm³/mol. The molecule has 2 N–H and O–H groups in total. The van der Waals surface area contributed by atoms with E-state index in [9.17, 15) is 4.79 Å². The number of hydrogen-bond acceptors (Lipinski definition) is 3. The number of aromatic amines is 1. The zero-order chi connectivity index (χ0) is 14.1. The molecule has 0 spiro atoms. The first-order chi connectivity index (χ1) is 9.66. The maximum absolute atomic E-state index is 12.0. The van der Waals surface area contributed by atoms with Crippen LogP contribution in [0.4, 0.5) is 5.69 Å². The molecule has 0 bridgehead atoms. The Hall–Kier alpha value is -2.56. The Labute approximate surface area is 116 Å². The third-order valence-electron chi connectivity index (χ3n) is 3.55. The number of H-pyrrole nitrogens is 1. The number of para-hydroxylation sites is 1. The van der Waals surface area contributed by atoms with Crippen LogP contribution in [0, 0.1) is 0 Å². The molecule has 0 fully saturated rings. The van der Waals surface area contributed by atoms with E-state index in [-0.39, 0.29) is 11.6 Å². The molecule has 3 aromatic rings. The van der Waals surface area contributed by atoms with Crippen molar-refractivity contribution in [3.05, 3.63) is 58.6 Å². The van der Waals surface area contributed by atoms with Crippen LogP contribution in [0.5, 0.6) is 0 Å². The molecule has 102 valence electrons. The van der Waals surface area contributed by atoms with E-state index >= 15 is 0 Å². The molecule has 0 saturated heterocycles. The van der Waals surface area contributed by atoms with Crippen LogP contribution in [0.25, 0.3) is 10.9 Å². The van der Waals surface area contributed by atoms with Crippen LogP contribution in [-0.2, 0) is 7.05 Å². The van der Waals surface area contributed by atoms with Gasteiger partial charge in [-0.1, -0.05) is 18.2 Å². The summed E-state index contributed by atoms with van der Waals surface area (Å²) < 4.78 is 1.66. The SMILES string of the molecule is CC(Nc1cc(=O)n(C)c2ccccc12)c1cn[nH]c1. The van der Waals surface area contributed by atoms with Crippen molar-refractivity contribution in [3.63, 3.8) is 0 Å². The highest BCUT2D eigenvalue weighted by atomic mass is 16.1. The number of aryl methyl sites for hydroxylation is 1. The Morgan fingerprint density at radius 2 is 2.15 bits per heavy atom. The van der Waals surface area contributed by atoms with Crippen LogP contribution in [0.1, 0.15) is 18.5 Å². The van der Waals surface area contributed by atoms with Gasteiger partial charge < -0.3 is 9.88 Å². The van der Waals surface area contributed by atoms with Gasteiger partial charge in [0.2, 0.25) is 0 Å². The molecule has 3 rings (SSSR count). The molecule has 0 aliphatic heterocycles. The predicted octanol–water partition coefficient (Wildman–Crippen LogP) is 2.43. The third-order valence-corrected chi connectivity index (χ3v) is 3.55. The molecule has 2 heterocycles. The number of nitrogens with one attached hydrogen (secondary N) is 2. The normalized spacial score (nSPS) is 12.5. The molecule has 0 amide bonds. The standard InChI is InChI=1S/C15H16N4O/c1-10(11-8-16-17-9-11)18-13-7-15(20)19(2)14-6-4-3-5-12(13)14/h3-10,18H,1-2H3,(H,16,17). The first kappa shape index (κ1) is 12.5. The second-order valence-electron chi connectivity index (χ2n) is 4.87. The maximum Gasteiger partial charge on any atom is 0.252 e. The maximum atomic E-state index is 12.0. The summed E-state index contributed by atoms with van der Waals surface area (Å²) in [5.74, 6) is 0. The Morgan fingerprint density at radius 3 is 2.90 bits per heavy atom. The van der Waals surface area contributed by atoms with Crippen molar-refractivity contribution in [3.8, 4) is 0 Å². The highest BCUT2D eigenvalue weighted by Crippen LogP contribution is 2.24. The van der Waals surface area contributed by atoms with Crippen molar-refractivity contribution in [2.24, 2.45) is 7.05 Å². The lowest BCUT2D eigenvalue weighted by atomic mass is 10.1. The van der Waals surface area contributed by atoms with Crippen molar-refractivity contribution >= 4 is 16.6 Å². The molecule has 5 nitrogen and oxygen atoms in total. The Morgan fingerprint density at radius 1 is 1.35 bits per heavy atom. The van der Waals surface area contributed by atoms with Gasteiger partial charge >= 0.3 is 0 Å². The van der Waals surface area contributed by atoms with Crippen molar-refractivity contribution < 1.29 is 0 Å². The van der Waals surface area contributed by atoms with E-state index in [0.29, 0.717) is 0 Å². The fraction of sp³-hybridized carbons (Fsp3) is 0.200. The quantitative estimate of drug-likeness (QED) is 0.767. The number of hydrogen-bond donors (Lipinski definition) is 2. The summed E-state index contributed by atoms with van der Waals surface area (Å²) in [7, 11) is 1.79. The average molecular weight is 268 g/mol. The number of rotatable bonds is 3. The molecule has 20 heavy (non-hydrogen) atoms. The van der Waals surface area contributed by atoms with E-state index in [1.54, 1.807) is 23.9 Å². The molecule has 1 unspecified atom stereocenters. The van der Waals surface area contributed by atoms with Crippen LogP contribution in [0.15, 0.2) is 47.5 Å². The smallest absolute Gasteiger partial charge is 0.252 e. The van der Waals surface area contributed by atoms with E-state index in [0.717, 1.165) is 22.2 Å². The molecular formula is C15H16N4O. The Kier molecular flexibility index (Phi) is 3.02. The van der Waals surface area contributed by atoms with E-state index < -0.39 is 0 Å². The molecule has 1 aromatic carbocycles. The lowest BCUT2D eigenvalue weighted by Gasteiger charge is -2.16. The van der Waals surface area contributed by atoms with Gasteiger partial charge in [0.25, 0.3) is 5.56 Å². The van der Waals surface area contributed by atoms with Crippen LogP contribution < -0.4 is 10.9 Å². The van der Waals surface area contributed by atoms with E-state index in [2.05, 4.69) is 15.5 Å². The molecule has 2 aromatic heterocycles. The monoisotopic (exact) mass is 268 g/mol. The number of pyridine rings is 1. The minimum absolute atomic E-state index is 0.0226. The number of nitrogens with zero attached hydrogens (tertiary/aromatic N) is 2. The number of aromatic nitrogens is 3. The van der Waals surface area contributed by atoms with Gasteiger partial charge in [0.15, 0.2) is 0 Å². The molecular weight excluding hydrogens is 252 g/mol. The van der Waals surface area contributed by atoms with Crippen LogP contribution in [0.2, 0.25) is 0 Å². The van der Waals surface area contributed by atoms with Crippen LogP contribution in [0.3, 0.4) is 0 Å². The van der Waals surface area contributed by atoms with Crippen molar-refractivity contribution in [2.45, 2.75) is 13.0 Å². The topological polar surface area (TPSA) is 62.7 Å². The molecule has 1 atom stereocenters. The minimum Gasteiger partial charge on any atom is -0.378 e. The number of benzene rings is 1. The largest absolute Gasteiger partial charge is 0.378 e. The summed E-state index contributed by atoms with van der Waals surface area (Å²) in [6.45, 7) is 2.04. The summed E-state index contributed by atoms with van der Waals surface area (Å²) in [6.07, 6.45) is 3.63. The summed E-state index contributed by atoms with van der Waals surface area (Å²) in [6, 6.07) is 9.58. The Balaban J connectivity index is 2.08. The first-order valence-corrected chi connectivity index (χ1v) is 6.51. The summed E-state index contributed by atoms with van der Waals surface area (Å²) in [4.78, 5) is 12.0. The molecule has 5 heteroatoms. The van der Waals surface area contributed by atoms with Crippen molar-refractivity contribution in [2.75, 3.05) is 5.32 Å². The summed E-state index contributed by atoms with van der Waals surface area (Å²) in [5, 5.41) is 11.2. The van der Waals surface area contributed by atoms with Crippen molar-refractivity contribution in [1.82, 2.24) is 14.8 Å². The molecule has 0 aliphatic rings. The van der Waals surface area contributed by atoms with E-state index in [4.69, 9.17) is 0 Å². The number of anilines is 1. The second-order valence-corrected chi connectivity index (χ2v) is 4.87. The molecule has 0 radical (unpaired) electrons. The van der Waals surface area contributed by atoms with E-state index in [1.165, 1.54) is 0 Å². The summed E-state index contributed by atoms with van der Waals surface area (Å²) >= 11 is 0. The second kappa shape index (κ2) is 4.85. The van der Waals surface area contributed by atoms with Gasteiger partial charge in [-0.15, -0.1) is 0 Å². The number of fused-ring (bicyclic) bond motifs is 1. The van der Waals surface area contributed by atoms with Crippen LogP contribution >= 0.6 is 0 Å². The lowest BCUT2D eigenvalue weighted by Crippen LogP contribution is -2.18. The molecule has 0 aliphatic carbocycles. The van der Waals surface area contributed by atoms with Gasteiger partial charge in [-0.3, -0.25) is 9.89 Å². The van der Waals surface area contributed by atoms with Gasteiger partial charge in [0.05, 0.1) is 17.8 Å². The lowest BCUT2D eigenvalue weighted by molar-refractivity contribution is 0.875. The van der Waals surface area contributed by atoms with Crippen LogP contribution in [-0.4, -0.2) is 14.8 Å². The van der Waals surface area contributed by atoms with Gasteiger partial charge in [-0.25, -0.2) is 0 Å². The molecule has 0 saturated carbocycles. The zero-order valence-electron chi connectivity index (χ0n) is 11.4. The van der Waals surface area contributed by atoms with Gasteiger partial charge in [0, 0.05) is 35.9 Å².